The number of carbonyl (C=O) groups is 5. The van der Waals surface area contributed by atoms with E-state index >= 15 is 0 Å². The number of urea groups is 2. The number of methoxy groups -OCH3 is 5. The number of hydrogen-bond donors (Lipinski definition) is 0. The number of fused-ring (bicyclic) bond motifs is 1. The third-order valence-electron chi connectivity index (χ3n) is 12.4. The van der Waals surface area contributed by atoms with Crippen LogP contribution in [0.5, 0.6) is 0 Å². The predicted octanol–water partition coefficient (Wildman–Crippen LogP) is -1.90. The lowest BCUT2D eigenvalue weighted by atomic mass is 9.89. The number of aromatic nitrogens is 6. The van der Waals surface area contributed by atoms with Gasteiger partial charge in [0, 0.05) is 54.6 Å². The van der Waals surface area contributed by atoms with E-state index in [1.165, 1.54) is 48.0 Å². The molecule has 29 nitrogen and oxygen atoms in total. The Hall–Kier alpha value is -6.43. The summed E-state index contributed by atoms with van der Waals surface area (Å²) in [7, 11) is 6.72. The summed E-state index contributed by atoms with van der Waals surface area (Å²) in [6.45, 7) is 1.43. The molecule has 2 aromatic rings. The van der Waals surface area contributed by atoms with Gasteiger partial charge in [0.05, 0.1) is 59.3 Å². The Bertz CT molecular complexity index is 2600. The van der Waals surface area contributed by atoms with Crippen molar-refractivity contribution in [3.8, 4) is 0 Å². The lowest BCUT2D eigenvalue weighted by Gasteiger charge is -2.47. The van der Waals surface area contributed by atoms with Gasteiger partial charge in [0.2, 0.25) is 0 Å². The number of nitrogens with zero attached hydrogens (tertiary/aromatic N) is 10. The summed E-state index contributed by atoms with van der Waals surface area (Å²) >= 11 is 0. The number of amides is 4. The highest BCUT2D eigenvalue weighted by Crippen LogP contribution is 2.53. The molecular formula is C43H68N10O19. The number of unbranched alkanes of at least 4 members (excludes halogenated alkanes) is 1. The molecule has 2 aromatic heterocycles. The first-order valence-corrected chi connectivity index (χ1v) is 23.4. The van der Waals surface area contributed by atoms with Crippen LogP contribution in [0.15, 0.2) is 28.8 Å². The average molecular weight is 1030 g/mol. The third-order valence-corrected chi connectivity index (χ3v) is 12.4. The van der Waals surface area contributed by atoms with E-state index in [-0.39, 0.29) is 66.3 Å². The maximum absolute atomic E-state index is 14.2. The normalized spacial score (nSPS) is 17.6. The van der Waals surface area contributed by atoms with Crippen LogP contribution >= 0.6 is 0 Å². The molecule has 0 aliphatic carbocycles. The summed E-state index contributed by atoms with van der Waals surface area (Å²) in [4.78, 5) is 152. The molecule has 2 aliphatic rings. The average Bonchev–Trinajstić information content (AvgIpc) is 3.63. The van der Waals surface area contributed by atoms with Gasteiger partial charge in [0.25, 0.3) is 0 Å². The van der Waals surface area contributed by atoms with Crippen LogP contribution in [-0.4, -0.2) is 177 Å². The molecule has 72 heavy (non-hydrogen) atoms. The van der Waals surface area contributed by atoms with Crippen molar-refractivity contribution in [2.75, 3.05) is 88.9 Å². The topological polar surface area (TPSA) is 304 Å². The van der Waals surface area contributed by atoms with E-state index in [2.05, 4.69) is 4.74 Å². The van der Waals surface area contributed by atoms with Gasteiger partial charge in [0.15, 0.2) is 11.3 Å². The predicted molar refractivity (Wildman–Crippen MR) is 248 cm³/mol. The Kier molecular flexibility index (Phi) is 21.7. The molecule has 2 saturated heterocycles. The molecule has 404 valence electrons. The first kappa shape index (κ1) is 58.1. The summed E-state index contributed by atoms with van der Waals surface area (Å²) in [5.41, 5.74) is -9.03. The number of rotatable bonds is 32. The lowest BCUT2D eigenvalue weighted by molar-refractivity contribution is -0.145. The van der Waals surface area contributed by atoms with Crippen molar-refractivity contribution in [2.24, 2.45) is 0 Å². The molecule has 2 atom stereocenters. The highest BCUT2D eigenvalue weighted by molar-refractivity contribution is 5.88. The Morgan fingerprint density at radius 1 is 0.431 bits per heavy atom. The van der Waals surface area contributed by atoms with Gasteiger partial charge < -0.3 is 37.9 Å². The van der Waals surface area contributed by atoms with Crippen LogP contribution in [0.4, 0.5) is 9.59 Å². The highest BCUT2D eigenvalue weighted by Gasteiger charge is 2.76. The molecule has 0 spiro atoms. The van der Waals surface area contributed by atoms with E-state index in [0.29, 0.717) is 37.5 Å². The van der Waals surface area contributed by atoms with Gasteiger partial charge in [-0.1, -0.05) is 26.7 Å². The van der Waals surface area contributed by atoms with Gasteiger partial charge in [-0.2, -0.15) is 0 Å². The van der Waals surface area contributed by atoms with Crippen LogP contribution in [0.3, 0.4) is 0 Å². The van der Waals surface area contributed by atoms with Crippen LogP contribution in [0.1, 0.15) is 72.1 Å². The molecule has 2 fully saturated rings. The van der Waals surface area contributed by atoms with E-state index in [1.807, 2.05) is 13.8 Å². The second-order valence-electron chi connectivity index (χ2n) is 16.7. The molecule has 4 heterocycles. The fraction of sp³-hybridized carbons (Fsp3) is 0.744. The van der Waals surface area contributed by atoms with Crippen molar-refractivity contribution in [1.29, 1.82) is 0 Å². The van der Waals surface area contributed by atoms with Crippen LogP contribution in [-0.2, 0) is 91.5 Å². The minimum atomic E-state index is -1.36. The molecular weight excluding hydrogens is 961 g/mol. The summed E-state index contributed by atoms with van der Waals surface area (Å²) in [6, 6.07) is -0.952. The molecule has 0 aromatic carbocycles. The Morgan fingerprint density at radius 2 is 0.833 bits per heavy atom. The number of esters is 3. The first-order chi connectivity index (χ1) is 34.4. The van der Waals surface area contributed by atoms with Crippen molar-refractivity contribution >= 4 is 30.0 Å². The molecule has 29 heteroatoms. The van der Waals surface area contributed by atoms with E-state index in [9.17, 15) is 52.7 Å². The number of ether oxygens (including phenoxy) is 8. The summed E-state index contributed by atoms with van der Waals surface area (Å²) in [6.07, 6.45) is 0.830. The smallest absolute Gasteiger partial charge is 0.336 e. The largest absolute Gasteiger partial charge is 0.469 e. The molecule has 0 bridgehead atoms. The summed E-state index contributed by atoms with van der Waals surface area (Å²) in [5, 5.41) is 0. The van der Waals surface area contributed by atoms with Crippen molar-refractivity contribution in [3.63, 3.8) is 0 Å². The quantitative estimate of drug-likeness (QED) is 0.0439. The van der Waals surface area contributed by atoms with Crippen molar-refractivity contribution in [1.82, 2.24) is 47.0 Å². The summed E-state index contributed by atoms with van der Waals surface area (Å²) in [5.74, 6) is -2.44. The maximum atomic E-state index is 14.2. The molecule has 0 N–H and O–H groups in total. The zero-order valence-electron chi connectivity index (χ0n) is 42.3. The van der Waals surface area contributed by atoms with Crippen LogP contribution in [0, 0.1) is 0 Å². The van der Waals surface area contributed by atoms with E-state index < -0.39 is 127 Å². The molecule has 2 aliphatic heterocycles. The standard InChI is InChI=1S/C43H68N10O19/c1-9-11-24-71-32(55)14-19-46-36(59)45(18-13-31(54)69-8)37(60)47(38(46)61)20-15-33(56)72-26-22-49-35(58)44(34(57)48(39(49)62)21-25-65-4)17-12-23-70-30-51-41(64)53(29-68-7)43(16-10-2)42(51,3)50(27-66-5)40(63)52(43)28-67-6/h9-30H2,1-8H3. The fourth-order valence-corrected chi connectivity index (χ4v) is 8.76. The van der Waals surface area contributed by atoms with Gasteiger partial charge in [-0.15, -0.1) is 0 Å². The number of carbonyl (C=O) groups excluding carboxylic acids is 5. The fourth-order valence-electron chi connectivity index (χ4n) is 8.76. The monoisotopic (exact) mass is 1030 g/mol. The Labute approximate surface area is 412 Å². The van der Waals surface area contributed by atoms with Crippen molar-refractivity contribution in [2.45, 2.75) is 123 Å². The summed E-state index contributed by atoms with van der Waals surface area (Å²) < 4.78 is 46.4. The molecule has 2 unspecified atom stereocenters. The minimum absolute atomic E-state index is 0.0177. The Balaban J connectivity index is 1.50. The van der Waals surface area contributed by atoms with Gasteiger partial charge >= 0.3 is 64.1 Å². The van der Waals surface area contributed by atoms with Crippen LogP contribution in [0.2, 0.25) is 0 Å². The van der Waals surface area contributed by atoms with E-state index in [4.69, 9.17) is 33.2 Å². The van der Waals surface area contributed by atoms with E-state index in [1.54, 1.807) is 6.92 Å². The van der Waals surface area contributed by atoms with E-state index in [0.717, 1.165) is 22.7 Å². The molecule has 4 rings (SSSR count). The first-order valence-electron chi connectivity index (χ1n) is 23.4. The maximum Gasteiger partial charge on any atom is 0.336 e. The third kappa shape index (κ3) is 12.1. The lowest BCUT2D eigenvalue weighted by Crippen LogP contribution is -2.67. The zero-order chi connectivity index (χ0) is 53.3. The van der Waals surface area contributed by atoms with Crippen LogP contribution in [0.25, 0.3) is 0 Å². The van der Waals surface area contributed by atoms with Gasteiger partial charge in [-0.05, 0) is 26.2 Å². The molecule has 0 radical (unpaired) electrons. The van der Waals surface area contributed by atoms with Gasteiger partial charge in [-0.25, -0.2) is 65.8 Å². The minimum Gasteiger partial charge on any atom is -0.469 e. The molecule has 4 amide bonds. The van der Waals surface area contributed by atoms with Crippen LogP contribution < -0.4 is 34.1 Å². The van der Waals surface area contributed by atoms with Crippen molar-refractivity contribution in [3.05, 3.63) is 62.9 Å². The number of hydrogen-bond acceptors (Lipinski definition) is 19. The second kappa shape index (κ2) is 26.9. The highest BCUT2D eigenvalue weighted by atomic mass is 16.5. The van der Waals surface area contributed by atoms with Gasteiger partial charge in [0.1, 0.15) is 33.5 Å². The SMILES string of the molecule is CCCCOC(=O)CCn1c(=O)n(CCC(=O)OC)c(=O)n(CCC(=O)OCCn2c(=O)n(CCCOCN3C(=O)N(COC)C4(CCC)N(COC)C(=O)N(COC)C34C)c(=O)n(CCOC)c2=O)c1=O. The van der Waals surface area contributed by atoms with Crippen molar-refractivity contribution < 1.29 is 61.9 Å². The van der Waals surface area contributed by atoms with Gasteiger partial charge in [-0.3, -0.25) is 34.0 Å². The molecule has 0 saturated carbocycles. The zero-order valence-corrected chi connectivity index (χ0v) is 42.3. The second-order valence-corrected chi connectivity index (χ2v) is 16.7. The Morgan fingerprint density at radius 3 is 1.26 bits per heavy atom.